The Hall–Kier alpha value is -2.04. The minimum Gasteiger partial charge on any atom is -0.338 e. The molecular formula is C15H17N3O2. The minimum absolute atomic E-state index is 0.183. The van der Waals surface area contributed by atoms with Crippen LogP contribution in [0.3, 0.4) is 0 Å². The van der Waals surface area contributed by atoms with Gasteiger partial charge in [0.25, 0.3) is 0 Å². The second-order valence-corrected chi connectivity index (χ2v) is 5.35. The lowest BCUT2D eigenvalue weighted by Gasteiger charge is -2.04. The number of Topliss-reactive ketones (excluding diaryl/α,β-unsaturated/α-hetero) is 1. The third kappa shape index (κ3) is 2.76. The van der Waals surface area contributed by atoms with Gasteiger partial charge in [0, 0.05) is 12.1 Å². The van der Waals surface area contributed by atoms with E-state index in [1.54, 1.807) is 6.20 Å². The molecule has 0 amide bonds. The molecule has 1 saturated carbocycles. The van der Waals surface area contributed by atoms with E-state index in [0.717, 1.165) is 31.2 Å². The van der Waals surface area contributed by atoms with Gasteiger partial charge in [-0.05, 0) is 37.5 Å². The number of aromatic nitrogens is 3. The lowest BCUT2D eigenvalue weighted by atomic mass is 10.0. The van der Waals surface area contributed by atoms with Crippen molar-refractivity contribution in [2.75, 3.05) is 0 Å². The highest BCUT2D eigenvalue weighted by atomic mass is 16.5. The van der Waals surface area contributed by atoms with Gasteiger partial charge in [0.1, 0.15) is 11.5 Å². The van der Waals surface area contributed by atoms with E-state index >= 15 is 0 Å². The maximum atomic E-state index is 12.1. The van der Waals surface area contributed by atoms with Crippen molar-refractivity contribution in [2.24, 2.45) is 5.92 Å². The summed E-state index contributed by atoms with van der Waals surface area (Å²) in [5.41, 5.74) is 1.76. The fraction of sp³-hybridized carbons (Fsp3) is 0.467. The Morgan fingerprint density at radius 1 is 1.40 bits per heavy atom. The molecule has 5 nitrogen and oxygen atoms in total. The molecule has 0 radical (unpaired) electrons. The molecule has 0 aromatic carbocycles. The van der Waals surface area contributed by atoms with Crippen molar-refractivity contribution in [2.45, 2.75) is 39.0 Å². The zero-order valence-corrected chi connectivity index (χ0v) is 11.5. The highest BCUT2D eigenvalue weighted by Crippen LogP contribution is 2.26. The molecule has 104 valence electrons. The van der Waals surface area contributed by atoms with Crippen LogP contribution in [0.4, 0.5) is 0 Å². The topological polar surface area (TPSA) is 68.9 Å². The van der Waals surface area contributed by atoms with E-state index in [9.17, 15) is 4.79 Å². The van der Waals surface area contributed by atoms with Gasteiger partial charge in [0.15, 0.2) is 0 Å². The van der Waals surface area contributed by atoms with Crippen LogP contribution in [0.2, 0.25) is 0 Å². The Kier molecular flexibility index (Phi) is 3.58. The normalized spacial score (nSPS) is 15.7. The third-order valence-electron chi connectivity index (χ3n) is 3.75. The lowest BCUT2D eigenvalue weighted by Crippen LogP contribution is -2.13. The molecule has 0 N–H and O–H groups in total. The first-order valence-corrected chi connectivity index (χ1v) is 7.01. The molecule has 0 unspecified atom stereocenters. The van der Waals surface area contributed by atoms with Gasteiger partial charge in [0.05, 0.1) is 6.42 Å². The zero-order chi connectivity index (χ0) is 13.9. The molecule has 5 heteroatoms. The van der Waals surface area contributed by atoms with E-state index in [-0.39, 0.29) is 18.1 Å². The van der Waals surface area contributed by atoms with Crippen LogP contribution < -0.4 is 0 Å². The lowest BCUT2D eigenvalue weighted by molar-refractivity contribution is -0.122. The van der Waals surface area contributed by atoms with Gasteiger partial charge in [-0.2, -0.15) is 4.98 Å². The van der Waals surface area contributed by atoms with Gasteiger partial charge in [-0.15, -0.1) is 0 Å². The molecule has 2 heterocycles. The number of rotatable bonds is 4. The number of pyridine rings is 1. The summed E-state index contributed by atoms with van der Waals surface area (Å²) in [6, 6.07) is 3.81. The number of hydrogen-bond acceptors (Lipinski definition) is 5. The average Bonchev–Trinajstić information content (AvgIpc) is 3.10. The molecule has 2 aromatic rings. The number of ketones is 1. The number of carbonyl (C=O) groups excluding carboxylic acids is 1. The predicted octanol–water partition coefficient (Wildman–Crippen LogP) is 2.74. The van der Waals surface area contributed by atoms with Crippen LogP contribution in [0.5, 0.6) is 0 Å². The van der Waals surface area contributed by atoms with Crippen LogP contribution in [0.1, 0.15) is 37.1 Å². The minimum atomic E-state index is 0.183. The van der Waals surface area contributed by atoms with E-state index in [0.29, 0.717) is 17.4 Å². The van der Waals surface area contributed by atoms with Gasteiger partial charge >= 0.3 is 0 Å². The number of hydrogen-bond donors (Lipinski definition) is 0. The molecule has 0 saturated heterocycles. The predicted molar refractivity (Wildman–Crippen MR) is 72.9 cm³/mol. The van der Waals surface area contributed by atoms with Crippen molar-refractivity contribution >= 4 is 5.78 Å². The quantitative estimate of drug-likeness (QED) is 0.855. The number of nitrogens with zero attached hydrogens (tertiary/aromatic N) is 3. The molecule has 3 rings (SSSR count). The van der Waals surface area contributed by atoms with Crippen molar-refractivity contribution in [3.8, 4) is 11.5 Å². The van der Waals surface area contributed by atoms with Crippen molar-refractivity contribution in [1.29, 1.82) is 0 Å². The maximum absolute atomic E-state index is 12.1. The summed E-state index contributed by atoms with van der Waals surface area (Å²) in [6.07, 6.45) is 6.25. The standard InChI is InChI=1S/C15H17N3O2/c1-10-6-7-16-12(8-10)15-17-14(20-18-15)9-13(19)11-4-2-3-5-11/h6-8,11H,2-5,9H2,1H3. The first-order chi connectivity index (χ1) is 9.72. The molecule has 1 aliphatic carbocycles. The van der Waals surface area contributed by atoms with Crippen LogP contribution in [-0.4, -0.2) is 20.9 Å². The Morgan fingerprint density at radius 2 is 2.20 bits per heavy atom. The van der Waals surface area contributed by atoms with Crippen LogP contribution in [0.25, 0.3) is 11.5 Å². The molecule has 0 spiro atoms. The molecular weight excluding hydrogens is 254 g/mol. The maximum Gasteiger partial charge on any atom is 0.234 e. The highest BCUT2D eigenvalue weighted by molar-refractivity contribution is 5.82. The summed E-state index contributed by atoms with van der Waals surface area (Å²) in [5, 5.41) is 3.91. The van der Waals surface area contributed by atoms with Crippen LogP contribution in [-0.2, 0) is 11.2 Å². The summed E-state index contributed by atoms with van der Waals surface area (Å²) in [4.78, 5) is 20.6. The second-order valence-electron chi connectivity index (χ2n) is 5.35. The monoisotopic (exact) mass is 271 g/mol. The summed E-state index contributed by atoms with van der Waals surface area (Å²) in [6.45, 7) is 1.98. The molecule has 0 atom stereocenters. The van der Waals surface area contributed by atoms with Crippen molar-refractivity contribution in [3.05, 3.63) is 29.8 Å². The van der Waals surface area contributed by atoms with Gasteiger partial charge in [-0.25, -0.2) is 0 Å². The fourth-order valence-electron chi connectivity index (χ4n) is 2.63. The third-order valence-corrected chi connectivity index (χ3v) is 3.75. The van der Waals surface area contributed by atoms with E-state index in [2.05, 4.69) is 15.1 Å². The first-order valence-electron chi connectivity index (χ1n) is 7.01. The largest absolute Gasteiger partial charge is 0.338 e. The van der Waals surface area contributed by atoms with Crippen LogP contribution in [0.15, 0.2) is 22.9 Å². The van der Waals surface area contributed by atoms with Crippen molar-refractivity contribution in [1.82, 2.24) is 15.1 Å². The molecule has 1 fully saturated rings. The Balaban J connectivity index is 1.72. The average molecular weight is 271 g/mol. The van der Waals surface area contributed by atoms with Gasteiger partial charge in [-0.1, -0.05) is 18.0 Å². The van der Waals surface area contributed by atoms with Crippen LogP contribution >= 0.6 is 0 Å². The molecule has 20 heavy (non-hydrogen) atoms. The number of aryl methyl sites for hydroxylation is 1. The second kappa shape index (κ2) is 5.53. The van der Waals surface area contributed by atoms with Crippen molar-refractivity contribution < 1.29 is 9.32 Å². The van der Waals surface area contributed by atoms with E-state index in [1.807, 2.05) is 19.1 Å². The summed E-state index contributed by atoms with van der Waals surface area (Å²) < 4.78 is 5.17. The van der Waals surface area contributed by atoms with Gasteiger partial charge < -0.3 is 4.52 Å². The summed E-state index contributed by atoms with van der Waals surface area (Å²) in [7, 11) is 0. The van der Waals surface area contributed by atoms with Crippen molar-refractivity contribution in [3.63, 3.8) is 0 Å². The number of carbonyl (C=O) groups is 1. The van der Waals surface area contributed by atoms with Crippen LogP contribution in [0, 0.1) is 12.8 Å². The molecule has 0 bridgehead atoms. The Bertz CT molecular complexity index is 615. The molecule has 0 aliphatic heterocycles. The Labute approximate surface area is 117 Å². The highest BCUT2D eigenvalue weighted by Gasteiger charge is 2.24. The van der Waals surface area contributed by atoms with E-state index in [1.165, 1.54) is 0 Å². The first kappa shape index (κ1) is 13.0. The SMILES string of the molecule is Cc1ccnc(-c2noc(CC(=O)C3CCCC3)n2)c1. The van der Waals surface area contributed by atoms with E-state index < -0.39 is 0 Å². The smallest absolute Gasteiger partial charge is 0.234 e. The van der Waals surface area contributed by atoms with E-state index in [4.69, 9.17) is 4.52 Å². The molecule has 1 aliphatic rings. The zero-order valence-electron chi connectivity index (χ0n) is 11.5. The fourth-order valence-corrected chi connectivity index (χ4v) is 2.63. The Morgan fingerprint density at radius 3 is 2.95 bits per heavy atom. The summed E-state index contributed by atoms with van der Waals surface area (Å²) >= 11 is 0. The summed E-state index contributed by atoms with van der Waals surface area (Å²) in [5.74, 6) is 1.24. The van der Waals surface area contributed by atoms with Gasteiger partial charge in [0.2, 0.25) is 11.7 Å². The molecule has 2 aromatic heterocycles. The van der Waals surface area contributed by atoms with Gasteiger partial charge in [-0.3, -0.25) is 9.78 Å².